The van der Waals surface area contributed by atoms with E-state index in [0.29, 0.717) is 0 Å². The van der Waals surface area contributed by atoms with Crippen LogP contribution in [0.25, 0.3) is 10.8 Å². The highest BCUT2D eigenvalue weighted by molar-refractivity contribution is 6.12. The smallest absolute Gasteiger partial charge is 0.166 e. The summed E-state index contributed by atoms with van der Waals surface area (Å²) < 4.78 is 0. The minimum atomic E-state index is 0.0920. The van der Waals surface area contributed by atoms with Crippen LogP contribution in [-0.2, 0) is 6.42 Å². The molecule has 80 valence electrons. The Balaban J connectivity index is 2.38. The van der Waals surface area contributed by atoms with E-state index in [1.54, 1.807) is 12.1 Å². The molecule has 2 nitrogen and oxygen atoms in total. The molecule has 1 aliphatic rings. The molecular formula is C14H12O2. The lowest BCUT2D eigenvalue weighted by molar-refractivity contribution is 0.0947. The summed E-state index contributed by atoms with van der Waals surface area (Å²) in [4.78, 5) is 12.0. The number of carbonyl (C=O) groups excluding carboxylic acids is 1. The van der Waals surface area contributed by atoms with Crippen LogP contribution < -0.4 is 0 Å². The quantitative estimate of drug-likeness (QED) is 0.729. The predicted octanol–water partition coefficient (Wildman–Crippen LogP) is 2.92. The first-order valence-electron chi connectivity index (χ1n) is 5.45. The molecule has 2 aromatic rings. The molecule has 0 amide bonds. The SMILES string of the molecule is CC1Cc2ccc3cc(O)ccc3c2C1=O. The molecule has 0 heterocycles. The van der Waals surface area contributed by atoms with Crippen molar-refractivity contribution in [3.8, 4) is 5.75 Å². The van der Waals surface area contributed by atoms with Crippen molar-refractivity contribution in [1.29, 1.82) is 0 Å². The van der Waals surface area contributed by atoms with Crippen molar-refractivity contribution in [2.45, 2.75) is 13.3 Å². The van der Waals surface area contributed by atoms with E-state index >= 15 is 0 Å². The first-order chi connectivity index (χ1) is 7.66. The zero-order valence-electron chi connectivity index (χ0n) is 9.03. The Morgan fingerprint density at radius 2 is 2.06 bits per heavy atom. The van der Waals surface area contributed by atoms with E-state index in [1.807, 2.05) is 25.1 Å². The molecule has 16 heavy (non-hydrogen) atoms. The van der Waals surface area contributed by atoms with Gasteiger partial charge in [0.25, 0.3) is 0 Å². The maximum atomic E-state index is 12.0. The fraction of sp³-hybridized carbons (Fsp3) is 0.214. The number of aromatic hydroxyl groups is 1. The highest BCUT2D eigenvalue weighted by Crippen LogP contribution is 2.33. The van der Waals surface area contributed by atoms with E-state index in [9.17, 15) is 9.90 Å². The second kappa shape index (κ2) is 3.08. The van der Waals surface area contributed by atoms with Crippen molar-refractivity contribution in [2.24, 2.45) is 5.92 Å². The van der Waals surface area contributed by atoms with Crippen LogP contribution in [0.1, 0.15) is 22.8 Å². The molecular weight excluding hydrogens is 200 g/mol. The number of hydrogen-bond donors (Lipinski definition) is 1. The molecule has 0 fully saturated rings. The van der Waals surface area contributed by atoms with Crippen molar-refractivity contribution in [3.63, 3.8) is 0 Å². The molecule has 2 aromatic carbocycles. The first kappa shape index (κ1) is 9.40. The van der Waals surface area contributed by atoms with Gasteiger partial charge in [0.1, 0.15) is 5.75 Å². The van der Waals surface area contributed by atoms with Crippen LogP contribution in [0.5, 0.6) is 5.75 Å². The van der Waals surface area contributed by atoms with Crippen LogP contribution in [0.4, 0.5) is 0 Å². The van der Waals surface area contributed by atoms with Crippen molar-refractivity contribution in [3.05, 3.63) is 41.5 Å². The van der Waals surface area contributed by atoms with Crippen molar-refractivity contribution in [2.75, 3.05) is 0 Å². The van der Waals surface area contributed by atoms with Crippen molar-refractivity contribution >= 4 is 16.6 Å². The van der Waals surface area contributed by atoms with E-state index in [0.717, 1.165) is 28.3 Å². The maximum Gasteiger partial charge on any atom is 0.166 e. The number of Topliss-reactive ketones (excluding diaryl/α,β-unsaturated/α-hetero) is 1. The molecule has 3 rings (SSSR count). The van der Waals surface area contributed by atoms with E-state index in [4.69, 9.17) is 0 Å². The second-order valence-corrected chi connectivity index (χ2v) is 4.47. The molecule has 1 N–H and O–H groups in total. The zero-order chi connectivity index (χ0) is 11.3. The van der Waals surface area contributed by atoms with Gasteiger partial charge in [-0.05, 0) is 41.0 Å². The molecule has 1 aliphatic carbocycles. The van der Waals surface area contributed by atoms with E-state index in [1.165, 1.54) is 0 Å². The number of ketones is 1. The van der Waals surface area contributed by atoms with Gasteiger partial charge in [-0.1, -0.05) is 19.1 Å². The van der Waals surface area contributed by atoms with Gasteiger partial charge < -0.3 is 5.11 Å². The molecule has 0 saturated carbocycles. The third-order valence-corrected chi connectivity index (χ3v) is 3.31. The lowest BCUT2D eigenvalue weighted by Crippen LogP contribution is -2.03. The summed E-state index contributed by atoms with van der Waals surface area (Å²) in [6.45, 7) is 1.97. The van der Waals surface area contributed by atoms with Gasteiger partial charge in [-0.3, -0.25) is 4.79 Å². The predicted molar refractivity (Wildman–Crippen MR) is 62.8 cm³/mol. The maximum absolute atomic E-state index is 12.0. The summed E-state index contributed by atoms with van der Waals surface area (Å²) in [5.41, 5.74) is 1.99. The Morgan fingerprint density at radius 3 is 2.88 bits per heavy atom. The normalized spacial score (nSPS) is 19.1. The molecule has 0 saturated heterocycles. The number of benzene rings is 2. The van der Waals surface area contributed by atoms with Gasteiger partial charge >= 0.3 is 0 Å². The van der Waals surface area contributed by atoms with Gasteiger partial charge in [-0.2, -0.15) is 0 Å². The lowest BCUT2D eigenvalue weighted by atomic mass is 10.00. The summed E-state index contributed by atoms with van der Waals surface area (Å²) in [5, 5.41) is 11.3. The number of hydrogen-bond acceptors (Lipinski definition) is 2. The second-order valence-electron chi connectivity index (χ2n) is 4.47. The largest absolute Gasteiger partial charge is 0.508 e. The van der Waals surface area contributed by atoms with E-state index in [2.05, 4.69) is 0 Å². The Morgan fingerprint density at radius 1 is 1.25 bits per heavy atom. The molecule has 1 unspecified atom stereocenters. The standard InChI is InChI=1S/C14H12O2/c1-8-6-10-3-2-9-7-11(15)4-5-12(9)13(10)14(8)16/h2-5,7-8,15H,6H2,1H3. The number of phenolic OH excluding ortho intramolecular Hbond substituents is 1. The molecule has 2 heteroatoms. The summed E-state index contributed by atoms with van der Waals surface area (Å²) in [5.74, 6) is 0.562. The molecule has 0 aliphatic heterocycles. The summed E-state index contributed by atoms with van der Waals surface area (Å²) in [6.07, 6.45) is 0.838. The number of fused-ring (bicyclic) bond motifs is 3. The highest BCUT2D eigenvalue weighted by atomic mass is 16.3. The topological polar surface area (TPSA) is 37.3 Å². The van der Waals surface area contributed by atoms with Gasteiger partial charge in [0.05, 0.1) is 0 Å². The summed E-state index contributed by atoms with van der Waals surface area (Å²) in [6, 6.07) is 9.14. The fourth-order valence-corrected chi connectivity index (χ4v) is 2.49. The van der Waals surface area contributed by atoms with Crippen LogP contribution in [0.3, 0.4) is 0 Å². The number of rotatable bonds is 0. The third kappa shape index (κ3) is 1.16. The lowest BCUT2D eigenvalue weighted by Gasteiger charge is -2.04. The highest BCUT2D eigenvalue weighted by Gasteiger charge is 2.28. The fourth-order valence-electron chi connectivity index (χ4n) is 2.49. The number of phenols is 1. The summed E-state index contributed by atoms with van der Waals surface area (Å²) >= 11 is 0. The van der Waals surface area contributed by atoms with Gasteiger partial charge in [-0.25, -0.2) is 0 Å². The van der Waals surface area contributed by atoms with Crippen LogP contribution in [-0.4, -0.2) is 10.9 Å². The first-order valence-corrected chi connectivity index (χ1v) is 5.45. The van der Waals surface area contributed by atoms with E-state index in [-0.39, 0.29) is 17.5 Å². The third-order valence-electron chi connectivity index (χ3n) is 3.31. The average molecular weight is 212 g/mol. The van der Waals surface area contributed by atoms with Crippen LogP contribution in [0, 0.1) is 5.92 Å². The zero-order valence-corrected chi connectivity index (χ0v) is 9.03. The van der Waals surface area contributed by atoms with E-state index < -0.39 is 0 Å². The molecule has 1 atom stereocenters. The molecule has 0 bridgehead atoms. The Hall–Kier alpha value is -1.83. The van der Waals surface area contributed by atoms with Crippen LogP contribution in [0.15, 0.2) is 30.3 Å². The molecule has 0 radical (unpaired) electrons. The van der Waals surface area contributed by atoms with Crippen molar-refractivity contribution < 1.29 is 9.90 Å². The Kier molecular flexibility index (Phi) is 1.81. The van der Waals surface area contributed by atoms with Gasteiger partial charge in [0.2, 0.25) is 0 Å². The van der Waals surface area contributed by atoms with Crippen LogP contribution in [0.2, 0.25) is 0 Å². The summed E-state index contributed by atoms with van der Waals surface area (Å²) in [7, 11) is 0. The van der Waals surface area contributed by atoms with Crippen LogP contribution >= 0.6 is 0 Å². The number of carbonyl (C=O) groups is 1. The van der Waals surface area contributed by atoms with Gasteiger partial charge in [0, 0.05) is 11.5 Å². The Bertz CT molecular complexity index is 599. The average Bonchev–Trinajstić information content (AvgIpc) is 2.55. The minimum Gasteiger partial charge on any atom is -0.508 e. The molecule has 0 spiro atoms. The van der Waals surface area contributed by atoms with Crippen molar-refractivity contribution in [1.82, 2.24) is 0 Å². The van der Waals surface area contributed by atoms with Gasteiger partial charge in [-0.15, -0.1) is 0 Å². The Labute approximate surface area is 93.5 Å². The monoisotopic (exact) mass is 212 g/mol. The molecule has 0 aromatic heterocycles. The van der Waals surface area contributed by atoms with Gasteiger partial charge in [0.15, 0.2) is 5.78 Å². The minimum absolute atomic E-state index is 0.0920.